The van der Waals surface area contributed by atoms with Gasteiger partial charge in [-0.05, 0) is 76.6 Å². The number of allylic oxidation sites excluding steroid dienone is 4. The maximum Gasteiger partial charge on any atom is 0.163 e. The van der Waals surface area contributed by atoms with Crippen LogP contribution >= 0.6 is 0 Å². The average Bonchev–Trinajstić information content (AvgIpc) is 3.47. The predicted molar refractivity (Wildman–Crippen MR) is 121 cm³/mol. The Morgan fingerprint density at radius 1 is 1.00 bits per heavy atom. The zero-order valence-corrected chi connectivity index (χ0v) is 17.6. The molecule has 0 heterocycles. The fourth-order valence-electron chi connectivity index (χ4n) is 5.68. The molecular weight excluding hydrogens is 352 g/mol. The highest BCUT2D eigenvalue weighted by atomic mass is 16.1. The van der Waals surface area contributed by atoms with Gasteiger partial charge in [-0.2, -0.15) is 0 Å². The van der Waals surface area contributed by atoms with Crippen molar-refractivity contribution >= 4 is 11.4 Å². The SMILES string of the molecule is CCC(CC)CCC1c2ccc(C3=CC=CC3)cc2-c2c1ccc1c2CCC1=O. The van der Waals surface area contributed by atoms with E-state index in [4.69, 9.17) is 0 Å². The van der Waals surface area contributed by atoms with E-state index in [0.29, 0.717) is 18.1 Å². The summed E-state index contributed by atoms with van der Waals surface area (Å²) in [5.41, 5.74) is 10.8. The third kappa shape index (κ3) is 3.03. The Morgan fingerprint density at radius 3 is 2.59 bits per heavy atom. The van der Waals surface area contributed by atoms with Crippen molar-refractivity contribution in [2.75, 3.05) is 0 Å². The molecule has 1 heteroatoms. The van der Waals surface area contributed by atoms with Crippen LogP contribution in [0, 0.1) is 5.92 Å². The van der Waals surface area contributed by atoms with Gasteiger partial charge in [0, 0.05) is 17.9 Å². The summed E-state index contributed by atoms with van der Waals surface area (Å²) in [4.78, 5) is 12.4. The lowest BCUT2D eigenvalue weighted by Crippen LogP contribution is -2.03. The quantitative estimate of drug-likeness (QED) is 0.506. The summed E-state index contributed by atoms with van der Waals surface area (Å²) in [6, 6.07) is 11.5. The van der Waals surface area contributed by atoms with Crippen molar-refractivity contribution in [3.63, 3.8) is 0 Å². The van der Waals surface area contributed by atoms with Crippen molar-refractivity contribution in [2.45, 2.75) is 64.7 Å². The Hall–Kier alpha value is -2.41. The van der Waals surface area contributed by atoms with Crippen LogP contribution in [-0.4, -0.2) is 5.78 Å². The Bertz CT molecular complexity index is 1030. The number of hydrogen-bond donors (Lipinski definition) is 0. The van der Waals surface area contributed by atoms with E-state index in [1.54, 1.807) is 0 Å². The van der Waals surface area contributed by atoms with Crippen LogP contribution in [-0.2, 0) is 6.42 Å². The first-order chi connectivity index (χ1) is 14.2. The van der Waals surface area contributed by atoms with Crippen molar-refractivity contribution in [3.05, 3.63) is 76.4 Å². The number of hydrogen-bond acceptors (Lipinski definition) is 1. The van der Waals surface area contributed by atoms with Gasteiger partial charge in [-0.15, -0.1) is 0 Å². The molecule has 0 aromatic heterocycles. The van der Waals surface area contributed by atoms with E-state index in [1.807, 2.05) is 0 Å². The molecule has 148 valence electrons. The number of carbonyl (C=O) groups excluding carboxylic acids is 1. The van der Waals surface area contributed by atoms with E-state index in [2.05, 4.69) is 62.4 Å². The highest BCUT2D eigenvalue weighted by Crippen LogP contribution is 2.51. The molecule has 0 radical (unpaired) electrons. The lowest BCUT2D eigenvalue weighted by molar-refractivity contribution is 0.0994. The molecule has 1 atom stereocenters. The second-order valence-electron chi connectivity index (χ2n) is 8.92. The summed E-state index contributed by atoms with van der Waals surface area (Å²) in [6.07, 6.45) is 14.3. The van der Waals surface area contributed by atoms with E-state index in [0.717, 1.165) is 24.3 Å². The van der Waals surface area contributed by atoms with E-state index >= 15 is 0 Å². The summed E-state index contributed by atoms with van der Waals surface area (Å²) in [5, 5.41) is 0. The molecule has 3 aliphatic carbocycles. The molecule has 0 N–H and O–H groups in total. The number of Topliss-reactive ketones (excluding diaryl/α,β-unsaturated/α-hetero) is 1. The fourth-order valence-corrected chi connectivity index (χ4v) is 5.68. The molecule has 29 heavy (non-hydrogen) atoms. The fraction of sp³-hybridized carbons (Fsp3) is 0.393. The second kappa shape index (κ2) is 7.44. The molecule has 1 nitrogen and oxygen atoms in total. The molecule has 3 aliphatic rings. The van der Waals surface area contributed by atoms with Gasteiger partial charge in [-0.3, -0.25) is 4.79 Å². The Kier molecular flexibility index (Phi) is 4.78. The van der Waals surface area contributed by atoms with Gasteiger partial charge in [0.25, 0.3) is 0 Å². The summed E-state index contributed by atoms with van der Waals surface area (Å²) >= 11 is 0. The van der Waals surface area contributed by atoms with Crippen molar-refractivity contribution in [3.8, 4) is 11.1 Å². The lowest BCUT2D eigenvalue weighted by atomic mass is 9.86. The first-order valence-electron chi connectivity index (χ1n) is 11.4. The van der Waals surface area contributed by atoms with Crippen LogP contribution in [0.25, 0.3) is 16.7 Å². The standard InChI is InChI=1S/C28H30O/c1-3-18(4-2)9-11-21-22-12-10-20(19-7-5-6-8-19)17-26(22)28-24(21)14-13-23-25(28)15-16-27(23)29/h5-7,10,12-14,17-18,21H,3-4,8-9,11,15-16H2,1-2H3. The minimum absolute atomic E-state index is 0.323. The van der Waals surface area contributed by atoms with Gasteiger partial charge >= 0.3 is 0 Å². The van der Waals surface area contributed by atoms with Gasteiger partial charge in [0.1, 0.15) is 0 Å². The minimum atomic E-state index is 0.323. The van der Waals surface area contributed by atoms with Crippen molar-refractivity contribution < 1.29 is 4.79 Å². The lowest BCUT2D eigenvalue weighted by Gasteiger charge is -2.18. The normalized spacial score (nSPS) is 18.9. The molecule has 0 bridgehead atoms. The van der Waals surface area contributed by atoms with E-state index in [-0.39, 0.29) is 0 Å². The maximum atomic E-state index is 12.4. The zero-order valence-electron chi connectivity index (χ0n) is 17.6. The number of carbonyl (C=O) groups is 1. The van der Waals surface area contributed by atoms with Crippen LogP contribution in [0.1, 0.15) is 90.9 Å². The summed E-state index contributed by atoms with van der Waals surface area (Å²) in [6.45, 7) is 4.64. The van der Waals surface area contributed by atoms with E-state index in [1.165, 1.54) is 64.6 Å². The highest BCUT2D eigenvalue weighted by molar-refractivity contribution is 6.03. The van der Waals surface area contributed by atoms with Gasteiger partial charge in [0.05, 0.1) is 0 Å². The Labute approximate surface area is 174 Å². The average molecular weight is 383 g/mol. The second-order valence-corrected chi connectivity index (χ2v) is 8.92. The van der Waals surface area contributed by atoms with Crippen LogP contribution in [0.3, 0.4) is 0 Å². The maximum absolute atomic E-state index is 12.4. The molecule has 0 aliphatic heterocycles. The molecule has 0 fully saturated rings. The monoisotopic (exact) mass is 382 g/mol. The largest absolute Gasteiger partial charge is 0.294 e. The zero-order chi connectivity index (χ0) is 20.0. The minimum Gasteiger partial charge on any atom is -0.294 e. The smallest absolute Gasteiger partial charge is 0.163 e. The van der Waals surface area contributed by atoms with Crippen LogP contribution in [0.15, 0.2) is 48.6 Å². The van der Waals surface area contributed by atoms with Gasteiger partial charge in [0.2, 0.25) is 0 Å². The van der Waals surface area contributed by atoms with Crippen LogP contribution < -0.4 is 0 Å². The van der Waals surface area contributed by atoms with Gasteiger partial charge in [-0.25, -0.2) is 0 Å². The van der Waals surface area contributed by atoms with Crippen LogP contribution in [0.5, 0.6) is 0 Å². The molecule has 2 aromatic carbocycles. The van der Waals surface area contributed by atoms with Gasteiger partial charge in [0.15, 0.2) is 5.78 Å². The molecule has 1 unspecified atom stereocenters. The summed E-state index contributed by atoms with van der Waals surface area (Å²) in [5.74, 6) is 1.61. The van der Waals surface area contributed by atoms with Crippen molar-refractivity contribution in [1.29, 1.82) is 0 Å². The van der Waals surface area contributed by atoms with E-state index in [9.17, 15) is 4.79 Å². The van der Waals surface area contributed by atoms with Crippen molar-refractivity contribution in [2.24, 2.45) is 5.92 Å². The number of ketones is 1. The number of rotatable bonds is 6. The Morgan fingerprint density at radius 2 is 1.83 bits per heavy atom. The number of fused-ring (bicyclic) bond motifs is 5. The molecule has 0 saturated heterocycles. The number of benzene rings is 2. The van der Waals surface area contributed by atoms with Crippen LogP contribution in [0.4, 0.5) is 0 Å². The third-order valence-electron chi connectivity index (χ3n) is 7.48. The van der Waals surface area contributed by atoms with Crippen LogP contribution in [0.2, 0.25) is 0 Å². The molecule has 5 rings (SSSR count). The first-order valence-corrected chi connectivity index (χ1v) is 11.4. The summed E-state index contributed by atoms with van der Waals surface area (Å²) in [7, 11) is 0. The molecule has 0 saturated carbocycles. The topological polar surface area (TPSA) is 17.1 Å². The first kappa shape index (κ1) is 18.6. The molecule has 0 amide bonds. The van der Waals surface area contributed by atoms with Gasteiger partial charge in [-0.1, -0.05) is 69.2 Å². The molecule has 2 aromatic rings. The molecular formula is C28H30O. The summed E-state index contributed by atoms with van der Waals surface area (Å²) < 4.78 is 0. The van der Waals surface area contributed by atoms with Crippen molar-refractivity contribution in [1.82, 2.24) is 0 Å². The van der Waals surface area contributed by atoms with E-state index < -0.39 is 0 Å². The highest BCUT2D eigenvalue weighted by Gasteiger charge is 2.34. The Balaban J connectivity index is 1.61. The third-order valence-corrected chi connectivity index (χ3v) is 7.48. The van der Waals surface area contributed by atoms with Gasteiger partial charge < -0.3 is 0 Å². The predicted octanol–water partition coefficient (Wildman–Crippen LogP) is 7.49. The molecule has 0 spiro atoms.